The number of hydrogen-bond acceptors (Lipinski definition) is 6. The number of benzene rings is 1. The number of nitrogens with zero attached hydrogens (tertiary/aromatic N) is 2. The normalized spacial score (nSPS) is 25.8. The number of likely N-dealkylation sites (N-methyl/N-ethyl adjacent to an activating group) is 1. The van der Waals surface area contributed by atoms with Crippen LogP contribution in [0.1, 0.15) is 28.8 Å². The smallest absolute Gasteiger partial charge is 0.340 e. The summed E-state index contributed by atoms with van der Waals surface area (Å²) in [5.74, 6) is -2.55. The lowest BCUT2D eigenvalue weighted by molar-refractivity contribution is -0.132. The number of carboxylic acids is 1. The standard InChI is InChI=1S/C20H20FN3O3S/c1-9-6-24(4-3-22-9)16-12(21)5-11-14-13-10(7-23(2)17(14)16)8-28-19(13)15(18(11)25)20(26)27/h5,8-9,13,22H,3-4,6-7H2,1-2H3,(H,26,27). The summed E-state index contributed by atoms with van der Waals surface area (Å²) in [5, 5.41) is 14.9. The summed E-state index contributed by atoms with van der Waals surface area (Å²) >= 11 is 1.32. The number of aliphatic carboxylic acids is 1. The third-order valence-electron chi connectivity index (χ3n) is 5.94. The van der Waals surface area contributed by atoms with Crippen LogP contribution in [0.25, 0.3) is 0 Å². The molecule has 0 saturated carbocycles. The van der Waals surface area contributed by atoms with Crippen LogP contribution in [-0.4, -0.2) is 56.1 Å². The number of anilines is 2. The van der Waals surface area contributed by atoms with Crippen molar-refractivity contribution in [1.29, 1.82) is 0 Å². The molecule has 146 valence electrons. The number of carboxylic acid groups (broad SMARTS) is 1. The van der Waals surface area contributed by atoms with Crippen molar-refractivity contribution < 1.29 is 19.1 Å². The summed E-state index contributed by atoms with van der Waals surface area (Å²) in [4.78, 5) is 29.4. The SMILES string of the molecule is CC1CN(c2c(F)cc3c4c2N(C)CC2=CSC(=C(C(=O)O)C3=O)C24)CCN1. The predicted octanol–water partition coefficient (Wildman–Crippen LogP) is 2.32. The molecule has 3 aliphatic heterocycles. The van der Waals surface area contributed by atoms with Crippen LogP contribution in [0.5, 0.6) is 0 Å². The molecule has 0 radical (unpaired) electrons. The molecule has 4 aliphatic rings. The highest BCUT2D eigenvalue weighted by atomic mass is 32.2. The zero-order valence-corrected chi connectivity index (χ0v) is 16.4. The van der Waals surface area contributed by atoms with E-state index in [2.05, 4.69) is 12.2 Å². The quantitative estimate of drug-likeness (QED) is 0.737. The molecule has 0 spiro atoms. The van der Waals surface area contributed by atoms with Gasteiger partial charge in [0.1, 0.15) is 11.4 Å². The maximum absolute atomic E-state index is 15.3. The summed E-state index contributed by atoms with van der Waals surface area (Å²) in [7, 11) is 1.91. The Hall–Kier alpha value is -2.32. The van der Waals surface area contributed by atoms with Gasteiger partial charge in [0.05, 0.1) is 11.4 Å². The first kappa shape index (κ1) is 17.8. The average Bonchev–Trinajstić information content (AvgIpc) is 3.04. The van der Waals surface area contributed by atoms with E-state index in [1.807, 2.05) is 22.3 Å². The highest BCUT2D eigenvalue weighted by molar-refractivity contribution is 8.06. The molecule has 2 atom stereocenters. The van der Waals surface area contributed by atoms with E-state index in [0.29, 0.717) is 30.2 Å². The van der Waals surface area contributed by atoms with E-state index >= 15 is 4.39 Å². The van der Waals surface area contributed by atoms with Gasteiger partial charge in [-0.15, -0.1) is 11.8 Å². The number of piperazine rings is 1. The van der Waals surface area contributed by atoms with Gasteiger partial charge in [0.15, 0.2) is 0 Å². The number of ketones is 1. The second-order valence-electron chi connectivity index (χ2n) is 7.79. The van der Waals surface area contributed by atoms with Gasteiger partial charge in [0.2, 0.25) is 5.78 Å². The van der Waals surface area contributed by atoms with Crippen LogP contribution in [-0.2, 0) is 4.79 Å². The van der Waals surface area contributed by atoms with E-state index < -0.39 is 17.6 Å². The second-order valence-corrected chi connectivity index (χ2v) is 8.70. The summed E-state index contributed by atoms with van der Waals surface area (Å²) < 4.78 is 15.3. The van der Waals surface area contributed by atoms with E-state index in [9.17, 15) is 14.7 Å². The van der Waals surface area contributed by atoms with Gasteiger partial charge in [-0.25, -0.2) is 9.18 Å². The van der Waals surface area contributed by atoms with Crippen LogP contribution in [0.2, 0.25) is 0 Å². The van der Waals surface area contributed by atoms with E-state index in [1.165, 1.54) is 17.8 Å². The van der Waals surface area contributed by atoms with Gasteiger partial charge in [0, 0.05) is 61.2 Å². The van der Waals surface area contributed by atoms with Crippen molar-refractivity contribution in [2.45, 2.75) is 18.9 Å². The van der Waals surface area contributed by atoms with Crippen molar-refractivity contribution in [3.63, 3.8) is 0 Å². The summed E-state index contributed by atoms with van der Waals surface area (Å²) in [5.41, 5.74) is 3.05. The molecular formula is C20H20FN3O3S. The lowest BCUT2D eigenvalue weighted by Gasteiger charge is -2.42. The van der Waals surface area contributed by atoms with Crippen LogP contribution in [0.4, 0.5) is 15.8 Å². The number of carbonyl (C=O) groups excluding carboxylic acids is 1. The van der Waals surface area contributed by atoms with Gasteiger partial charge in [-0.05, 0) is 24.0 Å². The predicted molar refractivity (Wildman–Crippen MR) is 107 cm³/mol. The van der Waals surface area contributed by atoms with Crippen LogP contribution >= 0.6 is 11.8 Å². The van der Waals surface area contributed by atoms with Gasteiger partial charge in [-0.3, -0.25) is 4.79 Å². The largest absolute Gasteiger partial charge is 0.478 e. The molecule has 0 aromatic heterocycles. The fraction of sp³-hybridized carbons (Fsp3) is 0.400. The summed E-state index contributed by atoms with van der Waals surface area (Å²) in [6.07, 6.45) is 0. The molecule has 6 nitrogen and oxygen atoms in total. The molecule has 1 saturated heterocycles. The van der Waals surface area contributed by atoms with Crippen molar-refractivity contribution >= 4 is 34.9 Å². The number of halogens is 1. The van der Waals surface area contributed by atoms with Gasteiger partial charge >= 0.3 is 5.97 Å². The zero-order valence-electron chi connectivity index (χ0n) is 15.6. The van der Waals surface area contributed by atoms with Crippen molar-refractivity contribution in [3.8, 4) is 0 Å². The maximum atomic E-state index is 15.3. The molecule has 1 fully saturated rings. The number of allylic oxidation sites excluding steroid dienone is 1. The highest BCUT2D eigenvalue weighted by Crippen LogP contribution is 2.58. The minimum Gasteiger partial charge on any atom is -0.478 e. The number of rotatable bonds is 2. The van der Waals surface area contributed by atoms with Crippen molar-refractivity contribution in [2.24, 2.45) is 0 Å². The fourth-order valence-corrected chi connectivity index (χ4v) is 6.03. The lowest BCUT2D eigenvalue weighted by Crippen LogP contribution is -2.50. The van der Waals surface area contributed by atoms with Crippen molar-refractivity contribution in [3.05, 3.63) is 44.5 Å². The molecule has 0 amide bonds. The van der Waals surface area contributed by atoms with Crippen molar-refractivity contribution in [2.75, 3.05) is 43.0 Å². The lowest BCUT2D eigenvalue weighted by atomic mass is 9.75. The molecule has 1 aliphatic carbocycles. The summed E-state index contributed by atoms with van der Waals surface area (Å²) in [6, 6.07) is 1.49. The zero-order chi connectivity index (χ0) is 19.7. The Morgan fingerprint density at radius 3 is 2.89 bits per heavy atom. The molecule has 3 heterocycles. The van der Waals surface area contributed by atoms with E-state index in [4.69, 9.17) is 0 Å². The summed E-state index contributed by atoms with van der Waals surface area (Å²) in [6.45, 7) is 4.77. The first-order chi connectivity index (χ1) is 13.4. The number of hydrogen-bond donors (Lipinski definition) is 2. The van der Waals surface area contributed by atoms with Gasteiger partial charge in [-0.2, -0.15) is 0 Å². The third-order valence-corrected chi connectivity index (χ3v) is 7.06. The maximum Gasteiger partial charge on any atom is 0.340 e. The second kappa shape index (κ2) is 6.09. The molecule has 5 rings (SSSR count). The van der Waals surface area contributed by atoms with E-state index in [1.54, 1.807) is 0 Å². The van der Waals surface area contributed by atoms with Crippen molar-refractivity contribution in [1.82, 2.24) is 5.32 Å². The monoisotopic (exact) mass is 401 g/mol. The van der Waals surface area contributed by atoms with Crippen LogP contribution in [0.15, 0.2) is 27.5 Å². The number of carbonyl (C=O) groups is 2. The van der Waals surface area contributed by atoms with Gasteiger partial charge in [0.25, 0.3) is 0 Å². The molecule has 1 aromatic rings. The van der Waals surface area contributed by atoms with E-state index in [0.717, 1.165) is 23.4 Å². The highest BCUT2D eigenvalue weighted by Gasteiger charge is 2.47. The number of nitrogens with one attached hydrogen (secondary N) is 1. The molecule has 2 unspecified atom stereocenters. The molecule has 1 aromatic carbocycles. The third kappa shape index (κ3) is 2.31. The molecular weight excluding hydrogens is 381 g/mol. The van der Waals surface area contributed by atoms with Crippen LogP contribution < -0.4 is 15.1 Å². The minimum atomic E-state index is -1.24. The average molecular weight is 401 g/mol. The molecule has 2 N–H and O–H groups in total. The van der Waals surface area contributed by atoms with Crippen LogP contribution in [0.3, 0.4) is 0 Å². The Morgan fingerprint density at radius 2 is 2.18 bits per heavy atom. The van der Waals surface area contributed by atoms with Crippen LogP contribution in [0, 0.1) is 5.82 Å². The minimum absolute atomic E-state index is 0.186. The Labute approximate surface area is 166 Å². The molecule has 28 heavy (non-hydrogen) atoms. The number of Topliss-reactive ketones (excluding diaryl/α,β-unsaturated/α-hetero) is 1. The topological polar surface area (TPSA) is 72.9 Å². The Kier molecular flexibility index (Phi) is 3.86. The van der Waals surface area contributed by atoms with Gasteiger partial charge < -0.3 is 20.2 Å². The fourth-order valence-electron chi connectivity index (χ4n) is 4.84. The number of thioether (sulfide) groups is 1. The van der Waals surface area contributed by atoms with Gasteiger partial charge in [-0.1, -0.05) is 0 Å². The molecule has 8 heteroatoms. The first-order valence-corrected chi connectivity index (χ1v) is 10.2. The molecule has 0 bridgehead atoms. The Bertz CT molecular complexity index is 1000. The van der Waals surface area contributed by atoms with E-state index in [-0.39, 0.29) is 23.1 Å². The Morgan fingerprint density at radius 1 is 1.39 bits per heavy atom. The first-order valence-electron chi connectivity index (χ1n) is 9.32. The Balaban J connectivity index is 1.77.